The molecule has 1 atom stereocenters. The average Bonchev–Trinajstić information content (AvgIpc) is 3.00. The zero-order valence-corrected chi connectivity index (χ0v) is 26.8. The van der Waals surface area contributed by atoms with Gasteiger partial charge >= 0.3 is 6.09 Å². The smallest absolute Gasteiger partial charge is 0.413 e. The first-order chi connectivity index (χ1) is 21.4. The van der Waals surface area contributed by atoms with Crippen LogP contribution in [-0.2, 0) is 11.2 Å². The van der Waals surface area contributed by atoms with E-state index in [4.69, 9.17) is 9.72 Å². The lowest BCUT2D eigenvalue weighted by Crippen LogP contribution is -2.32. The van der Waals surface area contributed by atoms with Gasteiger partial charge in [-0.2, -0.15) is 5.26 Å². The number of carbonyl (C=O) groups excluding carboxylic acids is 2. The number of fused-ring (bicyclic) bond motifs is 1. The highest BCUT2D eigenvalue weighted by atomic mass is 16.6. The lowest BCUT2D eigenvalue weighted by atomic mass is 9.84. The minimum Gasteiger partial charge on any atom is -0.444 e. The predicted molar refractivity (Wildman–Crippen MR) is 176 cm³/mol. The maximum Gasteiger partial charge on any atom is 0.413 e. The van der Waals surface area contributed by atoms with Crippen LogP contribution in [-0.4, -0.2) is 71.1 Å². The maximum atomic E-state index is 12.4. The van der Waals surface area contributed by atoms with Crippen LogP contribution in [0.3, 0.4) is 0 Å². The number of amides is 2. The summed E-state index contributed by atoms with van der Waals surface area (Å²) < 4.78 is 5.33. The van der Waals surface area contributed by atoms with Gasteiger partial charge in [0, 0.05) is 68.5 Å². The normalized spacial score (nSPS) is 16.5. The molecule has 3 aromatic rings. The summed E-state index contributed by atoms with van der Waals surface area (Å²) in [5.74, 6) is 0.675. The van der Waals surface area contributed by atoms with Crippen molar-refractivity contribution >= 4 is 29.5 Å². The van der Waals surface area contributed by atoms with Gasteiger partial charge in [-0.3, -0.25) is 20.0 Å². The fraction of sp³-hybridized carbons (Fsp3) is 0.361. The minimum absolute atomic E-state index is 0.111. The SMILES string of the molecule is CC1Cc2nccc(-c3ccc(NC(=O)OC(C)(C)C)nc3)c2C=C1CN1CC=C(c2ccc(C(=O)N(C)C)cc2C#N)CC1. The summed E-state index contributed by atoms with van der Waals surface area (Å²) in [4.78, 5) is 37.7. The first-order valence-corrected chi connectivity index (χ1v) is 15.2. The van der Waals surface area contributed by atoms with Gasteiger partial charge in [-0.15, -0.1) is 0 Å². The molecule has 1 aliphatic heterocycles. The summed E-state index contributed by atoms with van der Waals surface area (Å²) in [6.45, 7) is 10.2. The largest absolute Gasteiger partial charge is 0.444 e. The van der Waals surface area contributed by atoms with Crippen molar-refractivity contribution in [3.05, 3.63) is 88.4 Å². The Balaban J connectivity index is 1.31. The molecule has 5 rings (SSSR count). The van der Waals surface area contributed by atoms with Crippen LogP contribution < -0.4 is 5.32 Å². The van der Waals surface area contributed by atoms with E-state index in [1.165, 1.54) is 10.5 Å². The molecule has 1 aromatic carbocycles. The van der Waals surface area contributed by atoms with Crippen LogP contribution in [0.4, 0.5) is 10.6 Å². The van der Waals surface area contributed by atoms with Gasteiger partial charge in [-0.25, -0.2) is 9.78 Å². The van der Waals surface area contributed by atoms with Crippen molar-refractivity contribution < 1.29 is 14.3 Å². The Labute approximate surface area is 265 Å². The molecule has 2 amide bonds. The number of hydrogen-bond acceptors (Lipinski definition) is 7. The van der Waals surface area contributed by atoms with Crippen LogP contribution in [0.5, 0.6) is 0 Å². The highest BCUT2D eigenvalue weighted by molar-refractivity contribution is 5.95. The Morgan fingerprint density at radius 3 is 2.58 bits per heavy atom. The summed E-state index contributed by atoms with van der Waals surface area (Å²) in [6.07, 6.45) is 9.26. The molecule has 2 aromatic heterocycles. The number of carbonyl (C=O) groups is 2. The van der Waals surface area contributed by atoms with Crippen LogP contribution in [0.25, 0.3) is 22.8 Å². The molecule has 0 saturated carbocycles. The molecular formula is C36H40N6O3. The van der Waals surface area contributed by atoms with Gasteiger partial charge in [0.15, 0.2) is 0 Å². The first-order valence-electron chi connectivity index (χ1n) is 15.2. The minimum atomic E-state index is -0.588. The molecule has 1 unspecified atom stereocenters. The van der Waals surface area contributed by atoms with E-state index in [-0.39, 0.29) is 5.91 Å². The van der Waals surface area contributed by atoms with Crippen LogP contribution >= 0.6 is 0 Å². The third-order valence-corrected chi connectivity index (χ3v) is 8.08. The molecule has 9 nitrogen and oxygen atoms in total. The number of rotatable bonds is 6. The average molecular weight is 605 g/mol. The van der Waals surface area contributed by atoms with Crippen molar-refractivity contribution in [1.82, 2.24) is 19.8 Å². The standard InChI is InChI=1S/C36H40N6O3/c1-23-17-32-31(30(11-14-38-32)26-8-10-33(39-21-26)40-35(44)45-36(2,3)4)19-28(23)22-42-15-12-24(13-16-42)29-9-7-25(18-27(29)20-37)34(43)41(5)6/h7-12,14,18-19,21,23H,13,15-17,22H2,1-6H3,(H,39,40,44). The van der Waals surface area contributed by atoms with E-state index < -0.39 is 11.7 Å². The summed E-state index contributed by atoms with van der Waals surface area (Å²) in [6, 6.07) is 13.5. The molecular weight excluding hydrogens is 564 g/mol. The van der Waals surface area contributed by atoms with Crippen LogP contribution in [0.1, 0.15) is 66.9 Å². The lowest BCUT2D eigenvalue weighted by molar-refractivity contribution is 0.0635. The molecule has 0 radical (unpaired) electrons. The Bertz CT molecular complexity index is 1710. The number of nitrogens with zero attached hydrogens (tertiary/aromatic N) is 5. The molecule has 45 heavy (non-hydrogen) atoms. The van der Waals surface area contributed by atoms with Crippen molar-refractivity contribution in [2.45, 2.75) is 46.1 Å². The number of nitrogens with one attached hydrogen (secondary N) is 1. The summed E-state index contributed by atoms with van der Waals surface area (Å²) >= 11 is 0. The van der Waals surface area contributed by atoms with Gasteiger partial charge in [-0.05, 0) is 86.6 Å². The van der Waals surface area contributed by atoms with Crippen molar-refractivity contribution in [3.8, 4) is 17.2 Å². The number of anilines is 1. The van der Waals surface area contributed by atoms with E-state index >= 15 is 0 Å². The Kier molecular flexibility index (Phi) is 9.16. The van der Waals surface area contributed by atoms with E-state index in [1.54, 1.807) is 32.4 Å². The van der Waals surface area contributed by atoms with Crippen molar-refractivity contribution in [2.24, 2.45) is 5.92 Å². The summed E-state index contributed by atoms with van der Waals surface area (Å²) in [7, 11) is 3.42. The molecule has 1 N–H and O–H groups in total. The molecule has 0 spiro atoms. The highest BCUT2D eigenvalue weighted by Gasteiger charge is 2.25. The fourth-order valence-electron chi connectivity index (χ4n) is 5.74. The fourth-order valence-corrected chi connectivity index (χ4v) is 5.74. The van der Waals surface area contributed by atoms with Gasteiger partial charge in [0.25, 0.3) is 5.91 Å². The highest BCUT2D eigenvalue weighted by Crippen LogP contribution is 2.35. The quantitative estimate of drug-likeness (QED) is 0.345. The number of benzene rings is 1. The molecule has 2 aliphatic rings. The molecule has 1 aliphatic carbocycles. The van der Waals surface area contributed by atoms with Crippen molar-refractivity contribution in [3.63, 3.8) is 0 Å². The van der Waals surface area contributed by atoms with E-state index in [2.05, 4.69) is 40.3 Å². The summed E-state index contributed by atoms with van der Waals surface area (Å²) in [5.41, 5.74) is 8.06. The molecule has 0 saturated heterocycles. The molecule has 0 fully saturated rings. The van der Waals surface area contributed by atoms with E-state index in [1.807, 2.05) is 51.2 Å². The number of hydrogen-bond donors (Lipinski definition) is 1. The van der Waals surface area contributed by atoms with Crippen molar-refractivity contribution in [2.75, 3.05) is 39.0 Å². The maximum absolute atomic E-state index is 12.4. The van der Waals surface area contributed by atoms with E-state index in [0.717, 1.165) is 66.0 Å². The first kappa shape index (κ1) is 31.6. The second-order valence-electron chi connectivity index (χ2n) is 12.9. The van der Waals surface area contributed by atoms with Crippen LogP contribution in [0.15, 0.2) is 60.4 Å². The monoisotopic (exact) mass is 604 g/mol. The van der Waals surface area contributed by atoms with Gasteiger partial charge in [0.05, 0.1) is 11.6 Å². The van der Waals surface area contributed by atoms with E-state index in [9.17, 15) is 14.9 Å². The Hall–Kier alpha value is -4.81. The zero-order chi connectivity index (χ0) is 32.3. The number of nitriles is 1. The number of ether oxygens (including phenoxy) is 1. The van der Waals surface area contributed by atoms with Crippen LogP contribution in [0.2, 0.25) is 0 Å². The second kappa shape index (κ2) is 13.0. The van der Waals surface area contributed by atoms with E-state index in [0.29, 0.717) is 22.9 Å². The summed E-state index contributed by atoms with van der Waals surface area (Å²) in [5, 5.41) is 12.5. The third kappa shape index (κ3) is 7.47. The second-order valence-corrected chi connectivity index (χ2v) is 12.9. The lowest BCUT2D eigenvalue weighted by Gasteiger charge is -2.31. The topological polar surface area (TPSA) is 111 Å². The number of pyridine rings is 2. The molecule has 9 heteroatoms. The number of aromatic nitrogens is 2. The Morgan fingerprint density at radius 2 is 1.93 bits per heavy atom. The molecule has 232 valence electrons. The Morgan fingerprint density at radius 1 is 1.13 bits per heavy atom. The molecule has 3 heterocycles. The van der Waals surface area contributed by atoms with Crippen LogP contribution in [0, 0.1) is 17.2 Å². The molecule has 0 bridgehead atoms. The van der Waals surface area contributed by atoms with Gasteiger partial charge in [0.1, 0.15) is 11.4 Å². The third-order valence-electron chi connectivity index (χ3n) is 8.08. The van der Waals surface area contributed by atoms with Crippen molar-refractivity contribution in [1.29, 1.82) is 5.26 Å². The van der Waals surface area contributed by atoms with Gasteiger partial charge < -0.3 is 9.64 Å². The zero-order valence-electron chi connectivity index (χ0n) is 26.8. The van der Waals surface area contributed by atoms with Gasteiger partial charge in [-0.1, -0.05) is 30.7 Å². The van der Waals surface area contributed by atoms with Gasteiger partial charge in [0.2, 0.25) is 0 Å². The predicted octanol–water partition coefficient (Wildman–Crippen LogP) is 6.43.